The fraction of sp³-hybridized carbons (Fsp3) is 0.562. The van der Waals surface area contributed by atoms with Crippen LogP contribution in [0.3, 0.4) is 0 Å². The number of amides is 1. The molecule has 0 aromatic heterocycles. The van der Waals surface area contributed by atoms with Crippen LogP contribution in [0.1, 0.15) is 6.42 Å². The maximum Gasteiger partial charge on any atom is 0.223 e. The number of carbonyl (C=O) groups is 1. The molecule has 1 amide bonds. The van der Waals surface area contributed by atoms with E-state index in [4.69, 9.17) is 16.3 Å². The molecule has 1 aromatic rings. The Morgan fingerprint density at radius 3 is 2.70 bits per heavy atom. The molecule has 130 valence electrons. The maximum atomic E-state index is 12.1. The van der Waals surface area contributed by atoms with Crippen LogP contribution in [0.5, 0.6) is 5.75 Å². The molecule has 1 heterocycles. The number of halogens is 2. The molecule has 1 aromatic carbocycles. The van der Waals surface area contributed by atoms with Crippen LogP contribution >= 0.6 is 24.0 Å². The van der Waals surface area contributed by atoms with E-state index in [1.165, 1.54) is 0 Å². The van der Waals surface area contributed by atoms with Crippen molar-refractivity contribution in [3.05, 3.63) is 29.3 Å². The van der Waals surface area contributed by atoms with E-state index in [0.29, 0.717) is 23.8 Å². The third kappa shape index (κ3) is 6.96. The Morgan fingerprint density at radius 1 is 1.30 bits per heavy atom. The molecule has 0 saturated carbocycles. The fourth-order valence-electron chi connectivity index (χ4n) is 2.34. The van der Waals surface area contributed by atoms with E-state index in [9.17, 15) is 4.79 Å². The first-order valence-corrected chi connectivity index (χ1v) is 8.09. The van der Waals surface area contributed by atoms with Gasteiger partial charge in [0.2, 0.25) is 5.91 Å². The molecule has 1 saturated heterocycles. The summed E-state index contributed by atoms with van der Waals surface area (Å²) in [7, 11) is 2.00. The highest BCUT2D eigenvalue weighted by atomic mass is 35.5. The van der Waals surface area contributed by atoms with Gasteiger partial charge in [0.25, 0.3) is 0 Å². The summed E-state index contributed by atoms with van der Waals surface area (Å²) in [5.74, 6) is 0.940. The van der Waals surface area contributed by atoms with Gasteiger partial charge < -0.3 is 19.9 Å². The third-order valence-corrected chi connectivity index (χ3v) is 4.06. The van der Waals surface area contributed by atoms with Crippen molar-refractivity contribution in [2.75, 3.05) is 52.9 Å². The summed E-state index contributed by atoms with van der Waals surface area (Å²) in [6, 6.07) is 7.45. The van der Waals surface area contributed by atoms with Gasteiger partial charge in [-0.2, -0.15) is 0 Å². The number of benzene rings is 1. The number of nitrogens with one attached hydrogen (secondary N) is 1. The van der Waals surface area contributed by atoms with Crippen molar-refractivity contribution >= 4 is 29.9 Å². The van der Waals surface area contributed by atoms with E-state index < -0.39 is 0 Å². The van der Waals surface area contributed by atoms with E-state index in [1.54, 1.807) is 0 Å². The van der Waals surface area contributed by atoms with Crippen LogP contribution in [0, 0.1) is 0 Å². The molecule has 0 unspecified atom stereocenters. The van der Waals surface area contributed by atoms with Crippen LogP contribution in [0.2, 0.25) is 5.02 Å². The smallest absolute Gasteiger partial charge is 0.223 e. The van der Waals surface area contributed by atoms with Gasteiger partial charge in [-0.3, -0.25) is 4.79 Å². The van der Waals surface area contributed by atoms with Gasteiger partial charge in [-0.15, -0.1) is 12.4 Å². The van der Waals surface area contributed by atoms with Crippen LogP contribution in [-0.4, -0.2) is 68.6 Å². The molecule has 5 nitrogen and oxygen atoms in total. The van der Waals surface area contributed by atoms with Crippen LogP contribution in [0.15, 0.2) is 24.3 Å². The standard InChI is InChI=1S/C16H24ClN3O2.ClH/c1-19(9-6-16(21)20-10-7-18-8-11-20)12-13-22-15-5-3-2-4-14(15)17;/h2-5,18H,6-13H2,1H3;1H. The zero-order chi connectivity index (χ0) is 15.8. The minimum Gasteiger partial charge on any atom is -0.491 e. The molecule has 1 N–H and O–H groups in total. The molecular formula is C16H25Cl2N3O2. The van der Waals surface area contributed by atoms with Gasteiger partial charge in [0.05, 0.1) is 5.02 Å². The summed E-state index contributed by atoms with van der Waals surface area (Å²) in [4.78, 5) is 16.1. The van der Waals surface area contributed by atoms with Gasteiger partial charge in [0, 0.05) is 45.7 Å². The number of carbonyl (C=O) groups excluding carboxylic acids is 1. The SMILES string of the molecule is CN(CCOc1ccccc1Cl)CCC(=O)N1CCNCC1.Cl. The molecule has 0 atom stereocenters. The van der Waals surface area contributed by atoms with Crippen LogP contribution in [0.4, 0.5) is 0 Å². The molecule has 7 heteroatoms. The summed E-state index contributed by atoms with van der Waals surface area (Å²) in [5, 5.41) is 3.87. The second-order valence-electron chi connectivity index (χ2n) is 5.46. The summed E-state index contributed by atoms with van der Waals surface area (Å²) in [6.45, 7) is 5.49. The van der Waals surface area contributed by atoms with Crippen molar-refractivity contribution in [2.24, 2.45) is 0 Å². The molecule has 1 fully saturated rings. The van der Waals surface area contributed by atoms with Gasteiger partial charge in [0.15, 0.2) is 0 Å². The second kappa shape index (κ2) is 10.7. The molecule has 0 bridgehead atoms. The zero-order valence-electron chi connectivity index (χ0n) is 13.5. The largest absolute Gasteiger partial charge is 0.491 e. The average molecular weight is 362 g/mol. The summed E-state index contributed by atoms with van der Waals surface area (Å²) in [5.41, 5.74) is 0. The van der Waals surface area contributed by atoms with E-state index in [-0.39, 0.29) is 18.3 Å². The summed E-state index contributed by atoms with van der Waals surface area (Å²) >= 11 is 6.03. The number of hydrogen-bond donors (Lipinski definition) is 1. The molecule has 23 heavy (non-hydrogen) atoms. The van der Waals surface area contributed by atoms with Crippen LogP contribution in [0.25, 0.3) is 0 Å². The number of para-hydroxylation sites is 1. The normalized spacial score (nSPS) is 14.5. The number of hydrogen-bond acceptors (Lipinski definition) is 4. The highest BCUT2D eigenvalue weighted by molar-refractivity contribution is 6.32. The van der Waals surface area contributed by atoms with E-state index >= 15 is 0 Å². The van der Waals surface area contributed by atoms with Crippen molar-refractivity contribution in [2.45, 2.75) is 6.42 Å². The fourth-order valence-corrected chi connectivity index (χ4v) is 2.53. The lowest BCUT2D eigenvalue weighted by Crippen LogP contribution is -2.47. The topological polar surface area (TPSA) is 44.8 Å². The predicted molar refractivity (Wildman–Crippen MR) is 95.8 cm³/mol. The quantitative estimate of drug-likeness (QED) is 0.805. The number of nitrogens with zero attached hydrogens (tertiary/aromatic N) is 2. The Kier molecular flexibility index (Phi) is 9.33. The predicted octanol–water partition coefficient (Wildman–Crippen LogP) is 1.89. The molecule has 0 aliphatic carbocycles. The first-order valence-electron chi connectivity index (χ1n) is 7.71. The Morgan fingerprint density at radius 2 is 2.00 bits per heavy atom. The van der Waals surface area contributed by atoms with Crippen molar-refractivity contribution in [3.63, 3.8) is 0 Å². The van der Waals surface area contributed by atoms with E-state index in [1.807, 2.05) is 36.2 Å². The highest BCUT2D eigenvalue weighted by Gasteiger charge is 2.16. The average Bonchev–Trinajstić information content (AvgIpc) is 2.55. The molecular weight excluding hydrogens is 337 g/mol. The number of rotatable bonds is 7. The van der Waals surface area contributed by atoms with E-state index in [0.717, 1.165) is 39.3 Å². The number of likely N-dealkylation sites (N-methyl/N-ethyl adjacent to an activating group) is 1. The molecule has 1 aliphatic heterocycles. The van der Waals surface area contributed by atoms with E-state index in [2.05, 4.69) is 10.2 Å². The van der Waals surface area contributed by atoms with Crippen molar-refractivity contribution in [1.82, 2.24) is 15.1 Å². The van der Waals surface area contributed by atoms with Crippen molar-refractivity contribution < 1.29 is 9.53 Å². The van der Waals surface area contributed by atoms with Crippen LogP contribution < -0.4 is 10.1 Å². The van der Waals surface area contributed by atoms with Gasteiger partial charge in [-0.25, -0.2) is 0 Å². The first-order chi connectivity index (χ1) is 10.7. The van der Waals surface area contributed by atoms with Crippen molar-refractivity contribution in [1.29, 1.82) is 0 Å². The molecule has 0 spiro atoms. The van der Waals surface area contributed by atoms with Gasteiger partial charge >= 0.3 is 0 Å². The number of piperazine rings is 1. The first kappa shape index (κ1) is 20.0. The molecule has 0 radical (unpaired) electrons. The molecule has 1 aliphatic rings. The minimum absolute atomic E-state index is 0. The molecule has 2 rings (SSSR count). The lowest BCUT2D eigenvalue weighted by molar-refractivity contribution is -0.132. The second-order valence-corrected chi connectivity index (χ2v) is 5.87. The summed E-state index contributed by atoms with van der Waals surface area (Å²) in [6.07, 6.45) is 0.558. The van der Waals surface area contributed by atoms with Crippen LogP contribution in [-0.2, 0) is 4.79 Å². The monoisotopic (exact) mass is 361 g/mol. The number of ether oxygens (including phenoxy) is 1. The lowest BCUT2D eigenvalue weighted by atomic mass is 10.3. The third-order valence-electron chi connectivity index (χ3n) is 3.74. The highest BCUT2D eigenvalue weighted by Crippen LogP contribution is 2.22. The zero-order valence-corrected chi connectivity index (χ0v) is 15.0. The lowest BCUT2D eigenvalue weighted by Gasteiger charge is -2.28. The Hall–Kier alpha value is -1.01. The Labute approximate surface area is 149 Å². The Balaban J connectivity index is 0.00000264. The Bertz CT molecular complexity index is 482. The minimum atomic E-state index is 0. The van der Waals surface area contributed by atoms with Gasteiger partial charge in [-0.05, 0) is 19.2 Å². The van der Waals surface area contributed by atoms with Gasteiger partial charge in [0.1, 0.15) is 12.4 Å². The van der Waals surface area contributed by atoms with Crippen molar-refractivity contribution in [3.8, 4) is 5.75 Å². The maximum absolute atomic E-state index is 12.1. The summed E-state index contributed by atoms with van der Waals surface area (Å²) < 4.78 is 5.65. The van der Waals surface area contributed by atoms with Gasteiger partial charge in [-0.1, -0.05) is 23.7 Å².